The molecule has 0 bridgehead atoms. The van der Waals surface area contributed by atoms with Crippen molar-refractivity contribution in [1.29, 1.82) is 0 Å². The van der Waals surface area contributed by atoms with Gasteiger partial charge in [0.1, 0.15) is 24.1 Å². The number of rotatable bonds is 5. The first-order chi connectivity index (χ1) is 11.9. The Morgan fingerprint density at radius 1 is 1.20 bits per heavy atom. The van der Waals surface area contributed by atoms with E-state index in [4.69, 9.17) is 4.74 Å². The topological polar surface area (TPSA) is 72.4 Å². The van der Waals surface area contributed by atoms with E-state index < -0.39 is 27.4 Å². The molecule has 1 fully saturated rings. The van der Waals surface area contributed by atoms with Crippen LogP contribution in [0.3, 0.4) is 0 Å². The molecule has 1 aromatic heterocycles. The molecule has 0 aliphatic carbocycles. The minimum absolute atomic E-state index is 0.146. The monoisotopic (exact) mass is 369 g/mol. The molecule has 9 heteroatoms. The zero-order valence-electron chi connectivity index (χ0n) is 13.3. The second-order valence-corrected chi connectivity index (χ2v) is 7.72. The van der Waals surface area contributed by atoms with Gasteiger partial charge >= 0.3 is 0 Å². The molecule has 0 saturated carbocycles. The fraction of sp³-hybridized carbons (Fsp3) is 0.375. The smallest absolute Gasteiger partial charge is 0.218 e. The van der Waals surface area contributed by atoms with E-state index in [0.717, 1.165) is 18.2 Å². The predicted molar refractivity (Wildman–Crippen MR) is 86.2 cm³/mol. The summed E-state index contributed by atoms with van der Waals surface area (Å²) < 4.78 is 58.8. The van der Waals surface area contributed by atoms with Crippen molar-refractivity contribution in [3.05, 3.63) is 54.0 Å². The molecule has 1 aliphatic heterocycles. The van der Waals surface area contributed by atoms with Gasteiger partial charge in [-0.3, -0.25) is 0 Å². The van der Waals surface area contributed by atoms with Crippen LogP contribution >= 0.6 is 0 Å². The number of piperidine rings is 1. The minimum atomic E-state index is -3.73. The maximum Gasteiger partial charge on any atom is 0.218 e. The van der Waals surface area contributed by atoms with E-state index in [0.29, 0.717) is 18.7 Å². The van der Waals surface area contributed by atoms with Crippen LogP contribution in [0.4, 0.5) is 8.78 Å². The number of hydrogen-bond donors (Lipinski definition) is 0. The first-order valence-corrected chi connectivity index (χ1v) is 9.39. The van der Waals surface area contributed by atoms with Gasteiger partial charge in [0.15, 0.2) is 0 Å². The molecule has 0 atom stereocenters. The normalized spacial score (nSPS) is 16.7. The van der Waals surface area contributed by atoms with Gasteiger partial charge in [-0.25, -0.2) is 31.5 Å². The SMILES string of the molecule is O=S(=O)(Cc1cc(F)ccc1F)N1CCC(Oc2ccncn2)CC1. The number of nitrogens with zero attached hydrogens (tertiary/aromatic N) is 3. The molecule has 0 radical (unpaired) electrons. The number of hydrogen-bond acceptors (Lipinski definition) is 5. The van der Waals surface area contributed by atoms with Crippen LogP contribution in [0.2, 0.25) is 0 Å². The zero-order chi connectivity index (χ0) is 17.9. The second kappa shape index (κ2) is 7.40. The maximum absolute atomic E-state index is 13.7. The lowest BCUT2D eigenvalue weighted by atomic mass is 10.1. The van der Waals surface area contributed by atoms with Crippen LogP contribution in [0, 0.1) is 11.6 Å². The van der Waals surface area contributed by atoms with Gasteiger partial charge in [-0.05, 0) is 31.0 Å². The Morgan fingerprint density at radius 3 is 2.64 bits per heavy atom. The third kappa shape index (κ3) is 4.49. The summed E-state index contributed by atoms with van der Waals surface area (Å²) in [6.45, 7) is 0.518. The summed E-state index contributed by atoms with van der Waals surface area (Å²) in [5.41, 5.74) is -0.167. The minimum Gasteiger partial charge on any atom is -0.474 e. The summed E-state index contributed by atoms with van der Waals surface area (Å²) in [7, 11) is -3.73. The molecule has 0 unspecified atom stereocenters. The van der Waals surface area contributed by atoms with Gasteiger partial charge in [-0.1, -0.05) is 0 Å². The molecule has 134 valence electrons. The van der Waals surface area contributed by atoms with Crippen molar-refractivity contribution in [1.82, 2.24) is 14.3 Å². The molecule has 2 aromatic rings. The van der Waals surface area contributed by atoms with Crippen LogP contribution in [0.15, 0.2) is 36.8 Å². The van der Waals surface area contributed by atoms with E-state index in [1.807, 2.05) is 0 Å². The fourth-order valence-corrected chi connectivity index (χ4v) is 4.25. The highest BCUT2D eigenvalue weighted by Gasteiger charge is 2.30. The van der Waals surface area contributed by atoms with E-state index in [-0.39, 0.29) is 24.8 Å². The molecule has 0 N–H and O–H groups in total. The van der Waals surface area contributed by atoms with Gasteiger partial charge in [0.25, 0.3) is 0 Å². The molecule has 1 aliphatic rings. The van der Waals surface area contributed by atoms with Crippen molar-refractivity contribution >= 4 is 10.0 Å². The quantitative estimate of drug-likeness (QED) is 0.807. The molecule has 1 aromatic carbocycles. The number of benzene rings is 1. The predicted octanol–water partition coefficient (Wildman–Crippen LogP) is 2.13. The molecule has 0 amide bonds. The van der Waals surface area contributed by atoms with Crippen molar-refractivity contribution < 1.29 is 21.9 Å². The molecule has 25 heavy (non-hydrogen) atoms. The Balaban J connectivity index is 1.60. The number of sulfonamides is 1. The first kappa shape index (κ1) is 17.7. The molecule has 2 heterocycles. The van der Waals surface area contributed by atoms with Crippen LogP contribution in [-0.2, 0) is 15.8 Å². The van der Waals surface area contributed by atoms with Crippen LogP contribution in [0.25, 0.3) is 0 Å². The highest BCUT2D eigenvalue weighted by Crippen LogP contribution is 2.22. The first-order valence-electron chi connectivity index (χ1n) is 7.78. The Hall–Kier alpha value is -2.13. The highest BCUT2D eigenvalue weighted by molar-refractivity contribution is 7.88. The highest BCUT2D eigenvalue weighted by atomic mass is 32.2. The van der Waals surface area contributed by atoms with Crippen molar-refractivity contribution in [2.24, 2.45) is 0 Å². The van der Waals surface area contributed by atoms with Crippen LogP contribution in [-0.4, -0.2) is 41.9 Å². The summed E-state index contributed by atoms with van der Waals surface area (Å²) in [5, 5.41) is 0. The summed E-state index contributed by atoms with van der Waals surface area (Å²) in [5.74, 6) is -1.51. The van der Waals surface area contributed by atoms with Gasteiger partial charge < -0.3 is 4.74 Å². The standard InChI is InChI=1S/C16H17F2N3O3S/c17-13-1-2-15(18)12(9-13)10-25(22,23)21-7-4-14(5-8-21)24-16-3-6-19-11-20-16/h1-3,6,9,11,14H,4-5,7-8,10H2. The van der Waals surface area contributed by atoms with Gasteiger partial charge in [-0.2, -0.15) is 0 Å². The largest absolute Gasteiger partial charge is 0.474 e. The summed E-state index contributed by atoms with van der Waals surface area (Å²) in [6.07, 6.45) is 3.79. The summed E-state index contributed by atoms with van der Waals surface area (Å²) in [6, 6.07) is 4.44. The van der Waals surface area contributed by atoms with Crippen molar-refractivity contribution in [3.63, 3.8) is 0 Å². The third-order valence-corrected chi connectivity index (χ3v) is 5.81. The lowest BCUT2D eigenvalue weighted by molar-refractivity contribution is 0.129. The number of aromatic nitrogens is 2. The van der Waals surface area contributed by atoms with Crippen molar-refractivity contribution in [2.75, 3.05) is 13.1 Å². The number of ether oxygens (including phenoxy) is 1. The van der Waals surface area contributed by atoms with E-state index in [1.54, 1.807) is 12.3 Å². The van der Waals surface area contributed by atoms with E-state index in [1.165, 1.54) is 10.6 Å². The summed E-state index contributed by atoms with van der Waals surface area (Å²) in [4.78, 5) is 7.77. The van der Waals surface area contributed by atoms with Crippen LogP contribution in [0.1, 0.15) is 18.4 Å². The van der Waals surface area contributed by atoms with E-state index in [9.17, 15) is 17.2 Å². The molecular formula is C16H17F2N3O3S. The van der Waals surface area contributed by atoms with Crippen LogP contribution < -0.4 is 4.74 Å². The van der Waals surface area contributed by atoms with Gasteiger partial charge in [0.2, 0.25) is 15.9 Å². The molecule has 6 nitrogen and oxygen atoms in total. The van der Waals surface area contributed by atoms with Crippen LogP contribution in [0.5, 0.6) is 5.88 Å². The molecule has 3 rings (SSSR count). The average Bonchev–Trinajstić information content (AvgIpc) is 2.59. The van der Waals surface area contributed by atoms with E-state index >= 15 is 0 Å². The molecule has 1 saturated heterocycles. The Bertz CT molecular complexity index is 826. The Kier molecular flexibility index (Phi) is 5.24. The van der Waals surface area contributed by atoms with E-state index in [2.05, 4.69) is 9.97 Å². The van der Waals surface area contributed by atoms with Crippen molar-refractivity contribution in [3.8, 4) is 5.88 Å². The van der Waals surface area contributed by atoms with Gasteiger partial charge in [-0.15, -0.1) is 0 Å². The lowest BCUT2D eigenvalue weighted by Crippen LogP contribution is -2.42. The third-order valence-electron chi connectivity index (χ3n) is 3.98. The van der Waals surface area contributed by atoms with Crippen molar-refractivity contribution in [2.45, 2.75) is 24.7 Å². The van der Waals surface area contributed by atoms with Gasteiger partial charge in [0.05, 0.1) is 5.75 Å². The second-order valence-electron chi connectivity index (χ2n) is 5.76. The average molecular weight is 369 g/mol. The Morgan fingerprint density at radius 2 is 1.96 bits per heavy atom. The fourth-order valence-electron chi connectivity index (χ4n) is 2.69. The number of halogens is 2. The Labute approximate surface area is 144 Å². The summed E-state index contributed by atoms with van der Waals surface area (Å²) >= 11 is 0. The zero-order valence-corrected chi connectivity index (χ0v) is 14.1. The lowest BCUT2D eigenvalue weighted by Gasteiger charge is -2.31. The van der Waals surface area contributed by atoms with Gasteiger partial charge in [0, 0.05) is 30.9 Å². The maximum atomic E-state index is 13.7. The molecule has 0 spiro atoms. The molecular weight excluding hydrogens is 352 g/mol.